The summed E-state index contributed by atoms with van der Waals surface area (Å²) in [6.07, 6.45) is 3.53. The molecule has 1 amide bonds. The van der Waals surface area contributed by atoms with Crippen molar-refractivity contribution in [3.05, 3.63) is 65.2 Å². The molecule has 1 unspecified atom stereocenters. The van der Waals surface area contributed by atoms with E-state index >= 15 is 0 Å². The molecule has 1 fully saturated rings. The van der Waals surface area contributed by atoms with Gasteiger partial charge in [-0.2, -0.15) is 0 Å². The third-order valence-electron chi connectivity index (χ3n) is 5.18. The number of Topliss-reactive ketones (excluding diaryl/α,β-unsaturated/α-hetero) is 1. The highest BCUT2D eigenvalue weighted by atomic mass is 19.1. The van der Waals surface area contributed by atoms with Gasteiger partial charge in [-0.1, -0.05) is 11.8 Å². The first-order valence-corrected chi connectivity index (χ1v) is 10.6. The lowest BCUT2D eigenvalue weighted by molar-refractivity contribution is -0.858. The molecule has 0 radical (unpaired) electrons. The van der Waals surface area contributed by atoms with E-state index in [9.17, 15) is 19.1 Å². The van der Waals surface area contributed by atoms with Gasteiger partial charge in [-0.15, -0.1) is 0 Å². The van der Waals surface area contributed by atoms with E-state index in [1.165, 1.54) is 21.9 Å². The summed E-state index contributed by atoms with van der Waals surface area (Å²) in [7, 11) is 4.00. The van der Waals surface area contributed by atoms with Crippen LogP contribution in [0.25, 0.3) is 5.76 Å². The summed E-state index contributed by atoms with van der Waals surface area (Å²) < 4.78 is 19.9. The third-order valence-corrected chi connectivity index (χ3v) is 5.18. The minimum atomic E-state index is -0.850. The van der Waals surface area contributed by atoms with E-state index in [4.69, 9.17) is 4.74 Å². The molecule has 1 saturated heterocycles. The second-order valence-electron chi connectivity index (χ2n) is 8.38. The van der Waals surface area contributed by atoms with Gasteiger partial charge in [-0.25, -0.2) is 4.39 Å². The number of ketones is 1. The van der Waals surface area contributed by atoms with Crippen LogP contribution in [-0.4, -0.2) is 54.9 Å². The van der Waals surface area contributed by atoms with Gasteiger partial charge in [-0.3, -0.25) is 14.6 Å². The van der Waals surface area contributed by atoms with E-state index in [1.54, 1.807) is 38.4 Å². The Labute approximate surface area is 187 Å². The van der Waals surface area contributed by atoms with Crippen molar-refractivity contribution in [3.8, 4) is 5.75 Å². The standard InChI is InChI=1S/C24H28FN3O4/c1-15(2)32-19-7-6-17(14-18(19)25)22(29)20-21(16-8-10-26-11-9-16)28(24(31)23(20)30)13-5-12-27(3)4/h6-11,14-15,21,29H,5,12-13H2,1-4H3. The van der Waals surface area contributed by atoms with Crippen molar-refractivity contribution >= 4 is 17.4 Å². The highest BCUT2D eigenvalue weighted by Crippen LogP contribution is 2.38. The number of benzene rings is 1. The van der Waals surface area contributed by atoms with Gasteiger partial charge in [0.2, 0.25) is 5.78 Å². The van der Waals surface area contributed by atoms with Crippen molar-refractivity contribution in [2.75, 3.05) is 27.2 Å². The lowest BCUT2D eigenvalue weighted by atomic mass is 9.96. The number of ether oxygens (including phenoxy) is 1. The van der Waals surface area contributed by atoms with Crippen LogP contribution in [-0.2, 0) is 9.59 Å². The number of nitrogens with one attached hydrogen (secondary N) is 1. The molecule has 0 saturated carbocycles. The van der Waals surface area contributed by atoms with Crippen LogP contribution in [0.1, 0.15) is 37.4 Å². The van der Waals surface area contributed by atoms with Gasteiger partial charge in [0.25, 0.3) is 5.91 Å². The number of amides is 1. The fourth-order valence-electron chi connectivity index (χ4n) is 3.74. The number of halogens is 1. The Morgan fingerprint density at radius 1 is 1.22 bits per heavy atom. The molecule has 1 atom stereocenters. The van der Waals surface area contributed by atoms with Crippen LogP contribution >= 0.6 is 0 Å². The van der Waals surface area contributed by atoms with Crippen molar-refractivity contribution in [1.82, 2.24) is 9.88 Å². The average molecular weight is 442 g/mol. The summed E-state index contributed by atoms with van der Waals surface area (Å²) in [6, 6.07) is 6.34. The third kappa shape index (κ3) is 4.96. The molecule has 1 aromatic heterocycles. The highest BCUT2D eigenvalue weighted by molar-refractivity contribution is 6.46. The molecule has 32 heavy (non-hydrogen) atoms. The van der Waals surface area contributed by atoms with Gasteiger partial charge in [0.15, 0.2) is 11.6 Å². The normalized spacial score (nSPS) is 18.1. The zero-order chi connectivity index (χ0) is 23.4. The first kappa shape index (κ1) is 23.4. The predicted octanol–water partition coefficient (Wildman–Crippen LogP) is 0.767. The van der Waals surface area contributed by atoms with Gasteiger partial charge in [0.05, 0.1) is 32.8 Å². The maximum atomic E-state index is 14.5. The number of rotatable bonds is 8. The van der Waals surface area contributed by atoms with Crippen molar-refractivity contribution in [3.63, 3.8) is 0 Å². The Morgan fingerprint density at radius 3 is 2.50 bits per heavy atom. The SMILES string of the molecule is CC(C)Oc1ccc(C([O-])=C2C(=O)C(=O)N(CCC[NH+](C)C)C2c2ccncc2)cc1F. The number of pyridine rings is 1. The average Bonchev–Trinajstić information content (AvgIpc) is 2.99. The maximum absolute atomic E-state index is 14.5. The zero-order valence-electron chi connectivity index (χ0n) is 18.7. The van der Waals surface area contributed by atoms with Crippen LogP contribution in [0.4, 0.5) is 4.39 Å². The minimum Gasteiger partial charge on any atom is -0.872 e. The Morgan fingerprint density at radius 2 is 1.91 bits per heavy atom. The van der Waals surface area contributed by atoms with Gasteiger partial charge in [0.1, 0.15) is 0 Å². The molecule has 1 aliphatic rings. The molecule has 0 bridgehead atoms. The molecule has 2 aromatic rings. The summed E-state index contributed by atoms with van der Waals surface area (Å²) in [5, 5.41) is 13.3. The summed E-state index contributed by atoms with van der Waals surface area (Å²) in [5.41, 5.74) is 0.434. The topological polar surface area (TPSA) is 87.0 Å². The monoisotopic (exact) mass is 441 g/mol. The molecule has 3 rings (SSSR count). The summed E-state index contributed by atoms with van der Waals surface area (Å²) in [4.78, 5) is 32.4. The molecule has 2 heterocycles. The van der Waals surface area contributed by atoms with Gasteiger partial charge >= 0.3 is 0 Å². The maximum Gasteiger partial charge on any atom is 0.295 e. The van der Waals surface area contributed by atoms with Gasteiger partial charge < -0.3 is 19.6 Å². The number of hydrogen-bond acceptors (Lipinski definition) is 5. The predicted molar refractivity (Wildman–Crippen MR) is 115 cm³/mol. The number of quaternary nitrogens is 1. The molecule has 1 N–H and O–H groups in total. The molecule has 7 nitrogen and oxygen atoms in total. The number of aromatic nitrogens is 1. The second kappa shape index (κ2) is 9.91. The first-order chi connectivity index (χ1) is 15.2. The zero-order valence-corrected chi connectivity index (χ0v) is 18.7. The van der Waals surface area contributed by atoms with E-state index in [1.807, 2.05) is 14.1 Å². The molecule has 0 spiro atoms. The summed E-state index contributed by atoms with van der Waals surface area (Å²) in [5.74, 6) is -2.91. The Bertz CT molecular complexity index is 1020. The van der Waals surface area contributed by atoms with Crippen LogP contribution in [0.2, 0.25) is 0 Å². The molecule has 170 valence electrons. The molecule has 0 aliphatic carbocycles. The number of likely N-dealkylation sites (tertiary alicyclic amines) is 1. The van der Waals surface area contributed by atoms with Crippen LogP contribution in [0.5, 0.6) is 5.75 Å². The molecular weight excluding hydrogens is 413 g/mol. The molecule has 1 aromatic carbocycles. The number of nitrogens with zero attached hydrogens (tertiary/aromatic N) is 2. The lowest BCUT2D eigenvalue weighted by Gasteiger charge is -2.27. The van der Waals surface area contributed by atoms with E-state index < -0.39 is 29.3 Å². The fourth-order valence-corrected chi connectivity index (χ4v) is 3.74. The smallest absolute Gasteiger partial charge is 0.295 e. The van der Waals surface area contributed by atoms with Crippen molar-refractivity contribution in [1.29, 1.82) is 0 Å². The fraction of sp³-hybridized carbons (Fsp3) is 0.375. The Kier molecular flexibility index (Phi) is 7.25. The molecular formula is C24H28FN3O4. The van der Waals surface area contributed by atoms with E-state index in [0.717, 1.165) is 12.6 Å². The Balaban J connectivity index is 2.05. The summed E-state index contributed by atoms with van der Waals surface area (Å²) in [6.45, 7) is 4.66. The van der Waals surface area contributed by atoms with Crippen LogP contribution in [0.15, 0.2) is 48.3 Å². The van der Waals surface area contributed by atoms with E-state index in [-0.39, 0.29) is 23.0 Å². The summed E-state index contributed by atoms with van der Waals surface area (Å²) >= 11 is 0. The van der Waals surface area contributed by atoms with E-state index in [2.05, 4.69) is 4.98 Å². The quantitative estimate of drug-likeness (QED) is 0.372. The Hall–Kier alpha value is -3.26. The molecule has 1 aliphatic heterocycles. The van der Waals surface area contributed by atoms with Crippen molar-refractivity contribution < 1.29 is 28.7 Å². The van der Waals surface area contributed by atoms with Gasteiger partial charge in [-0.05, 0) is 49.2 Å². The largest absolute Gasteiger partial charge is 0.872 e. The van der Waals surface area contributed by atoms with Crippen LogP contribution < -0.4 is 14.7 Å². The number of hydrogen-bond donors (Lipinski definition) is 1. The first-order valence-electron chi connectivity index (χ1n) is 10.6. The second-order valence-corrected chi connectivity index (χ2v) is 8.38. The number of carbonyl (C=O) groups is 2. The van der Waals surface area contributed by atoms with Crippen LogP contribution in [0, 0.1) is 5.82 Å². The van der Waals surface area contributed by atoms with Crippen LogP contribution in [0.3, 0.4) is 0 Å². The van der Waals surface area contributed by atoms with Gasteiger partial charge in [0, 0.05) is 30.9 Å². The number of carbonyl (C=O) groups excluding carboxylic acids is 2. The minimum absolute atomic E-state index is 0.00611. The lowest BCUT2D eigenvalue weighted by Crippen LogP contribution is -3.05. The van der Waals surface area contributed by atoms with E-state index in [0.29, 0.717) is 18.5 Å². The van der Waals surface area contributed by atoms with Crippen molar-refractivity contribution in [2.24, 2.45) is 0 Å². The van der Waals surface area contributed by atoms with Crippen molar-refractivity contribution in [2.45, 2.75) is 32.4 Å². The highest BCUT2D eigenvalue weighted by Gasteiger charge is 2.43. The molecule has 8 heteroatoms.